The Hall–Kier alpha value is -1.00. The first kappa shape index (κ1) is 17.1. The first-order valence-electron chi connectivity index (χ1n) is 7.24. The molecule has 0 aliphatic heterocycles. The zero-order valence-electron chi connectivity index (χ0n) is 12.4. The fourth-order valence-corrected chi connectivity index (χ4v) is 3.10. The average Bonchev–Trinajstić information content (AvgIpc) is 2.48. The number of unbranched alkanes of at least 4 members (excludes halogenated alkanes) is 1. The van der Waals surface area contributed by atoms with Crippen molar-refractivity contribution in [3.05, 3.63) is 35.9 Å². The SMILES string of the molecule is CCCCSCCC(N)(C(=O)OCC)c1ccccc1. The molecule has 1 atom stereocenters. The van der Waals surface area contributed by atoms with Gasteiger partial charge in [0.25, 0.3) is 0 Å². The van der Waals surface area contributed by atoms with Gasteiger partial charge in [-0.15, -0.1) is 0 Å². The summed E-state index contributed by atoms with van der Waals surface area (Å²) in [6.07, 6.45) is 2.99. The first-order valence-corrected chi connectivity index (χ1v) is 8.40. The Morgan fingerprint density at radius 2 is 1.95 bits per heavy atom. The number of benzene rings is 1. The standard InChI is InChI=1S/C16H25NO2S/c1-3-5-12-20-13-11-16(17,15(18)19-4-2)14-9-7-6-8-10-14/h6-10H,3-5,11-13,17H2,1-2H3. The largest absolute Gasteiger partial charge is 0.464 e. The molecule has 0 fully saturated rings. The lowest BCUT2D eigenvalue weighted by molar-refractivity contribution is -0.150. The highest BCUT2D eigenvalue weighted by molar-refractivity contribution is 7.99. The molecule has 0 aliphatic rings. The minimum absolute atomic E-state index is 0.331. The monoisotopic (exact) mass is 295 g/mol. The quantitative estimate of drug-likeness (QED) is 0.561. The molecule has 0 saturated carbocycles. The Morgan fingerprint density at radius 3 is 2.55 bits per heavy atom. The highest BCUT2D eigenvalue weighted by Crippen LogP contribution is 2.26. The zero-order chi connectivity index (χ0) is 14.8. The average molecular weight is 295 g/mol. The highest BCUT2D eigenvalue weighted by Gasteiger charge is 2.36. The van der Waals surface area contributed by atoms with Crippen LogP contribution in [0.4, 0.5) is 0 Å². The molecule has 0 heterocycles. The van der Waals surface area contributed by atoms with Gasteiger partial charge >= 0.3 is 5.97 Å². The Labute approximate surface area is 126 Å². The molecule has 2 N–H and O–H groups in total. The maximum Gasteiger partial charge on any atom is 0.330 e. The molecule has 0 aliphatic carbocycles. The van der Waals surface area contributed by atoms with Crippen molar-refractivity contribution in [2.24, 2.45) is 5.73 Å². The van der Waals surface area contributed by atoms with Crippen LogP contribution in [0.1, 0.15) is 38.7 Å². The van der Waals surface area contributed by atoms with E-state index in [-0.39, 0.29) is 5.97 Å². The number of nitrogens with two attached hydrogens (primary N) is 1. The minimum Gasteiger partial charge on any atom is -0.464 e. The van der Waals surface area contributed by atoms with Crippen molar-refractivity contribution in [1.82, 2.24) is 0 Å². The van der Waals surface area contributed by atoms with Gasteiger partial charge in [0.2, 0.25) is 0 Å². The van der Waals surface area contributed by atoms with Gasteiger partial charge in [0.15, 0.2) is 0 Å². The van der Waals surface area contributed by atoms with Crippen LogP contribution in [0, 0.1) is 0 Å². The number of thioether (sulfide) groups is 1. The van der Waals surface area contributed by atoms with Gasteiger partial charge in [-0.3, -0.25) is 0 Å². The highest BCUT2D eigenvalue weighted by atomic mass is 32.2. The van der Waals surface area contributed by atoms with Crippen molar-refractivity contribution in [2.45, 2.75) is 38.6 Å². The Morgan fingerprint density at radius 1 is 1.25 bits per heavy atom. The summed E-state index contributed by atoms with van der Waals surface area (Å²) in [5.74, 6) is 1.65. The van der Waals surface area contributed by atoms with Crippen LogP contribution in [-0.2, 0) is 15.1 Å². The van der Waals surface area contributed by atoms with Crippen LogP contribution in [0.3, 0.4) is 0 Å². The lowest BCUT2D eigenvalue weighted by Gasteiger charge is -2.27. The zero-order valence-corrected chi connectivity index (χ0v) is 13.2. The third-order valence-corrected chi connectivity index (χ3v) is 4.28. The van der Waals surface area contributed by atoms with E-state index in [2.05, 4.69) is 6.92 Å². The molecule has 1 unspecified atom stereocenters. The third-order valence-electron chi connectivity index (χ3n) is 3.21. The van der Waals surface area contributed by atoms with Crippen molar-refractivity contribution in [3.8, 4) is 0 Å². The molecule has 0 bridgehead atoms. The van der Waals surface area contributed by atoms with E-state index >= 15 is 0 Å². The van der Waals surface area contributed by atoms with Crippen LogP contribution in [0.25, 0.3) is 0 Å². The third kappa shape index (κ3) is 4.84. The molecule has 20 heavy (non-hydrogen) atoms. The second-order valence-electron chi connectivity index (χ2n) is 4.77. The second-order valence-corrected chi connectivity index (χ2v) is 6.00. The first-order chi connectivity index (χ1) is 9.65. The number of rotatable bonds is 9. The Bertz CT molecular complexity index is 397. The Balaban J connectivity index is 2.72. The number of hydrogen-bond acceptors (Lipinski definition) is 4. The summed E-state index contributed by atoms with van der Waals surface area (Å²) in [4.78, 5) is 12.2. The number of carbonyl (C=O) groups is 1. The van der Waals surface area contributed by atoms with E-state index in [1.54, 1.807) is 6.92 Å². The lowest BCUT2D eigenvalue weighted by Crippen LogP contribution is -2.46. The summed E-state index contributed by atoms with van der Waals surface area (Å²) >= 11 is 1.85. The second kappa shape index (κ2) is 9.03. The maximum atomic E-state index is 12.2. The van der Waals surface area contributed by atoms with Gasteiger partial charge in [-0.05, 0) is 36.8 Å². The van der Waals surface area contributed by atoms with Gasteiger partial charge in [-0.2, -0.15) is 11.8 Å². The van der Waals surface area contributed by atoms with E-state index in [0.29, 0.717) is 13.0 Å². The van der Waals surface area contributed by atoms with E-state index in [0.717, 1.165) is 17.1 Å². The molecular formula is C16H25NO2S. The fraction of sp³-hybridized carbons (Fsp3) is 0.562. The summed E-state index contributed by atoms with van der Waals surface area (Å²) in [5.41, 5.74) is 6.17. The normalized spacial score (nSPS) is 13.8. The molecular weight excluding hydrogens is 270 g/mol. The summed E-state index contributed by atoms with van der Waals surface area (Å²) in [7, 11) is 0. The molecule has 3 nitrogen and oxygen atoms in total. The van der Waals surface area contributed by atoms with Crippen molar-refractivity contribution in [2.75, 3.05) is 18.1 Å². The molecule has 1 rings (SSSR count). The van der Waals surface area contributed by atoms with Crippen LogP contribution in [0.15, 0.2) is 30.3 Å². The summed E-state index contributed by atoms with van der Waals surface area (Å²) in [5, 5.41) is 0. The van der Waals surface area contributed by atoms with Crippen LogP contribution in [0.5, 0.6) is 0 Å². The topological polar surface area (TPSA) is 52.3 Å². The molecule has 1 aromatic carbocycles. The number of ether oxygens (including phenoxy) is 1. The molecule has 0 amide bonds. The van der Waals surface area contributed by atoms with Crippen molar-refractivity contribution >= 4 is 17.7 Å². The van der Waals surface area contributed by atoms with E-state index < -0.39 is 5.54 Å². The predicted molar refractivity (Wildman–Crippen MR) is 85.8 cm³/mol. The minimum atomic E-state index is -1.03. The smallest absolute Gasteiger partial charge is 0.330 e. The molecule has 112 valence electrons. The van der Waals surface area contributed by atoms with Crippen LogP contribution >= 0.6 is 11.8 Å². The van der Waals surface area contributed by atoms with Crippen LogP contribution in [-0.4, -0.2) is 24.1 Å². The number of carbonyl (C=O) groups excluding carboxylic acids is 1. The predicted octanol–water partition coefficient (Wildman–Crippen LogP) is 3.33. The number of esters is 1. The summed E-state index contributed by atoms with van der Waals surface area (Å²) in [6, 6.07) is 9.52. The van der Waals surface area contributed by atoms with Gasteiger partial charge < -0.3 is 10.5 Å². The van der Waals surface area contributed by atoms with Crippen LogP contribution in [0.2, 0.25) is 0 Å². The maximum absolute atomic E-state index is 12.2. The number of hydrogen-bond donors (Lipinski definition) is 1. The van der Waals surface area contributed by atoms with Gasteiger partial charge in [0, 0.05) is 0 Å². The Kier molecular flexibility index (Phi) is 7.70. The molecule has 0 saturated heterocycles. The van der Waals surface area contributed by atoms with Crippen molar-refractivity contribution in [3.63, 3.8) is 0 Å². The summed E-state index contributed by atoms with van der Waals surface area (Å²) in [6.45, 7) is 4.34. The summed E-state index contributed by atoms with van der Waals surface area (Å²) < 4.78 is 5.17. The molecule has 0 aromatic heterocycles. The van der Waals surface area contributed by atoms with Gasteiger partial charge in [0.05, 0.1) is 6.61 Å². The van der Waals surface area contributed by atoms with E-state index in [1.807, 2.05) is 42.1 Å². The van der Waals surface area contributed by atoms with E-state index in [9.17, 15) is 4.79 Å². The molecule has 4 heteroatoms. The fourth-order valence-electron chi connectivity index (χ4n) is 1.94. The van der Waals surface area contributed by atoms with Crippen molar-refractivity contribution in [1.29, 1.82) is 0 Å². The molecule has 0 radical (unpaired) electrons. The van der Waals surface area contributed by atoms with Crippen molar-refractivity contribution < 1.29 is 9.53 Å². The van der Waals surface area contributed by atoms with E-state index in [4.69, 9.17) is 10.5 Å². The van der Waals surface area contributed by atoms with Crippen LogP contribution < -0.4 is 5.73 Å². The molecule has 1 aromatic rings. The lowest BCUT2D eigenvalue weighted by atomic mass is 9.88. The van der Waals surface area contributed by atoms with E-state index in [1.165, 1.54) is 12.8 Å². The van der Waals surface area contributed by atoms with Gasteiger partial charge in [-0.25, -0.2) is 4.79 Å². The molecule has 0 spiro atoms. The van der Waals surface area contributed by atoms with Gasteiger partial charge in [0.1, 0.15) is 5.54 Å². The van der Waals surface area contributed by atoms with Gasteiger partial charge in [-0.1, -0.05) is 43.7 Å².